The number of carbonyl (C=O) groups is 2. The Balaban J connectivity index is 1.54. The highest BCUT2D eigenvalue weighted by Gasteiger charge is 2.39. The van der Waals surface area contributed by atoms with Gasteiger partial charge in [-0.3, -0.25) is 9.59 Å². The summed E-state index contributed by atoms with van der Waals surface area (Å²) in [5.74, 6) is 0.660. The van der Waals surface area contributed by atoms with Crippen LogP contribution >= 0.6 is 0 Å². The van der Waals surface area contributed by atoms with E-state index < -0.39 is 0 Å². The van der Waals surface area contributed by atoms with Gasteiger partial charge in [-0.25, -0.2) is 0 Å². The normalized spacial score (nSPS) is 22.6. The Morgan fingerprint density at radius 1 is 0.769 bits per heavy atom. The van der Waals surface area contributed by atoms with Crippen LogP contribution in [-0.2, 0) is 0 Å². The molecule has 2 aromatic carbocycles. The number of fused-ring (bicyclic) bond motifs is 1. The van der Waals surface area contributed by atoms with Gasteiger partial charge in [-0.15, -0.1) is 0 Å². The molecule has 4 nitrogen and oxygen atoms in total. The maximum Gasteiger partial charge on any atom is 0.254 e. The lowest BCUT2D eigenvalue weighted by molar-refractivity contribution is 0.0176. The summed E-state index contributed by atoms with van der Waals surface area (Å²) in [6.07, 6.45) is 3.17. The molecule has 0 radical (unpaired) electrons. The molecule has 2 saturated heterocycles. The molecular weight excluding hydrogens is 324 g/mol. The standard InChI is InChI=1S/C22H24N2O2/c25-21(18-8-3-1-4-9-18)23-15-13-17-12-7-14-24(20(17)16-23)22(26)19-10-5-2-6-11-19/h1-6,8-11,17,20H,7,12-16H2/t17-,20+/m0/s1. The van der Waals surface area contributed by atoms with E-state index in [2.05, 4.69) is 0 Å². The largest absolute Gasteiger partial charge is 0.337 e. The Hall–Kier alpha value is -2.62. The van der Waals surface area contributed by atoms with Crippen molar-refractivity contribution >= 4 is 11.8 Å². The molecule has 2 heterocycles. The Bertz CT molecular complexity index is 775. The number of nitrogens with zero attached hydrogens (tertiary/aromatic N) is 2. The molecular formula is C22H24N2O2. The minimum Gasteiger partial charge on any atom is -0.337 e. The van der Waals surface area contributed by atoms with Gasteiger partial charge in [-0.1, -0.05) is 36.4 Å². The third-order valence-corrected chi connectivity index (χ3v) is 5.69. The average Bonchev–Trinajstić information content (AvgIpc) is 2.73. The van der Waals surface area contributed by atoms with Crippen molar-refractivity contribution in [3.63, 3.8) is 0 Å². The summed E-state index contributed by atoms with van der Waals surface area (Å²) in [5.41, 5.74) is 1.46. The maximum absolute atomic E-state index is 13.0. The topological polar surface area (TPSA) is 40.6 Å². The zero-order valence-electron chi connectivity index (χ0n) is 14.9. The fourth-order valence-electron chi connectivity index (χ4n) is 4.31. The second kappa shape index (κ2) is 7.32. The molecule has 2 fully saturated rings. The van der Waals surface area contributed by atoms with Crippen LogP contribution in [-0.4, -0.2) is 47.3 Å². The minimum atomic E-state index is 0.0710. The van der Waals surface area contributed by atoms with Crippen LogP contribution in [0.2, 0.25) is 0 Å². The van der Waals surface area contributed by atoms with Gasteiger partial charge in [0.25, 0.3) is 11.8 Å². The Labute approximate surface area is 154 Å². The number of carbonyl (C=O) groups excluding carboxylic acids is 2. The van der Waals surface area contributed by atoms with Gasteiger partial charge in [0.2, 0.25) is 0 Å². The van der Waals surface area contributed by atoms with Crippen molar-refractivity contribution in [2.45, 2.75) is 25.3 Å². The number of piperidine rings is 2. The van der Waals surface area contributed by atoms with Gasteiger partial charge in [0.05, 0.1) is 6.04 Å². The molecule has 2 amide bonds. The zero-order chi connectivity index (χ0) is 17.9. The number of amides is 2. The van der Waals surface area contributed by atoms with E-state index in [9.17, 15) is 9.59 Å². The Kier molecular flexibility index (Phi) is 4.74. The highest BCUT2D eigenvalue weighted by atomic mass is 16.2. The molecule has 134 valence electrons. The van der Waals surface area contributed by atoms with E-state index in [0.717, 1.165) is 43.5 Å². The van der Waals surface area contributed by atoms with Gasteiger partial charge in [0.15, 0.2) is 0 Å². The fourth-order valence-corrected chi connectivity index (χ4v) is 4.31. The molecule has 0 saturated carbocycles. The molecule has 2 aliphatic rings. The number of benzene rings is 2. The summed E-state index contributed by atoms with van der Waals surface area (Å²) in [6, 6.07) is 19.0. The molecule has 2 aromatic rings. The molecule has 0 aromatic heterocycles. The average molecular weight is 348 g/mol. The number of hydrogen-bond donors (Lipinski definition) is 0. The van der Waals surface area contributed by atoms with Crippen molar-refractivity contribution in [2.75, 3.05) is 19.6 Å². The predicted molar refractivity (Wildman–Crippen MR) is 101 cm³/mol. The van der Waals surface area contributed by atoms with Crippen molar-refractivity contribution in [3.8, 4) is 0 Å². The molecule has 2 aliphatic heterocycles. The summed E-state index contributed by atoms with van der Waals surface area (Å²) in [5, 5.41) is 0. The third kappa shape index (κ3) is 3.24. The van der Waals surface area contributed by atoms with E-state index in [1.165, 1.54) is 0 Å². The first-order valence-corrected chi connectivity index (χ1v) is 9.44. The van der Waals surface area contributed by atoms with Crippen LogP contribution in [0.1, 0.15) is 40.0 Å². The first-order chi connectivity index (χ1) is 12.7. The van der Waals surface area contributed by atoms with Crippen molar-refractivity contribution in [1.82, 2.24) is 9.80 Å². The highest BCUT2D eigenvalue weighted by molar-refractivity contribution is 5.95. The molecule has 0 N–H and O–H groups in total. The van der Waals surface area contributed by atoms with Gasteiger partial charge >= 0.3 is 0 Å². The van der Waals surface area contributed by atoms with Crippen LogP contribution in [0.4, 0.5) is 0 Å². The summed E-state index contributed by atoms with van der Waals surface area (Å²) in [4.78, 5) is 29.8. The van der Waals surface area contributed by atoms with Crippen LogP contribution in [0.5, 0.6) is 0 Å². The summed E-state index contributed by atoms with van der Waals surface area (Å²) < 4.78 is 0. The Morgan fingerprint density at radius 3 is 2.04 bits per heavy atom. The van der Waals surface area contributed by atoms with E-state index in [1.54, 1.807) is 0 Å². The summed E-state index contributed by atoms with van der Waals surface area (Å²) >= 11 is 0. The van der Waals surface area contributed by atoms with Crippen LogP contribution in [0.25, 0.3) is 0 Å². The second-order valence-corrected chi connectivity index (χ2v) is 7.24. The molecule has 0 unspecified atom stereocenters. The van der Waals surface area contributed by atoms with Gasteiger partial charge in [0, 0.05) is 30.8 Å². The van der Waals surface area contributed by atoms with E-state index in [-0.39, 0.29) is 17.9 Å². The van der Waals surface area contributed by atoms with Crippen molar-refractivity contribution in [3.05, 3.63) is 71.8 Å². The molecule has 2 atom stereocenters. The van der Waals surface area contributed by atoms with Crippen LogP contribution < -0.4 is 0 Å². The Morgan fingerprint density at radius 2 is 1.38 bits per heavy atom. The quantitative estimate of drug-likeness (QED) is 0.834. The summed E-state index contributed by atoms with van der Waals surface area (Å²) in [6.45, 7) is 2.20. The third-order valence-electron chi connectivity index (χ3n) is 5.69. The first-order valence-electron chi connectivity index (χ1n) is 9.44. The van der Waals surface area contributed by atoms with Gasteiger partial charge in [-0.05, 0) is 49.4 Å². The monoisotopic (exact) mass is 348 g/mol. The molecule has 4 heteroatoms. The predicted octanol–water partition coefficient (Wildman–Crippen LogP) is 3.45. The molecule has 0 aliphatic carbocycles. The number of rotatable bonds is 2. The lowest BCUT2D eigenvalue weighted by Crippen LogP contribution is -2.58. The molecule has 26 heavy (non-hydrogen) atoms. The molecule has 0 spiro atoms. The lowest BCUT2D eigenvalue weighted by atomic mass is 9.83. The van der Waals surface area contributed by atoms with E-state index >= 15 is 0 Å². The minimum absolute atomic E-state index is 0.0710. The highest BCUT2D eigenvalue weighted by Crippen LogP contribution is 2.32. The maximum atomic E-state index is 13.0. The lowest BCUT2D eigenvalue weighted by Gasteiger charge is -2.47. The van der Waals surface area contributed by atoms with Crippen LogP contribution in [0.15, 0.2) is 60.7 Å². The van der Waals surface area contributed by atoms with E-state index in [4.69, 9.17) is 0 Å². The number of likely N-dealkylation sites (tertiary alicyclic amines) is 2. The van der Waals surface area contributed by atoms with Gasteiger partial charge in [0.1, 0.15) is 0 Å². The number of hydrogen-bond acceptors (Lipinski definition) is 2. The van der Waals surface area contributed by atoms with Crippen LogP contribution in [0, 0.1) is 5.92 Å². The zero-order valence-corrected chi connectivity index (χ0v) is 14.9. The van der Waals surface area contributed by atoms with E-state index in [0.29, 0.717) is 12.5 Å². The second-order valence-electron chi connectivity index (χ2n) is 7.24. The van der Waals surface area contributed by atoms with Gasteiger partial charge < -0.3 is 9.80 Å². The van der Waals surface area contributed by atoms with Crippen LogP contribution in [0.3, 0.4) is 0 Å². The summed E-state index contributed by atoms with van der Waals surface area (Å²) in [7, 11) is 0. The molecule has 4 rings (SSSR count). The first kappa shape index (κ1) is 16.8. The molecule has 0 bridgehead atoms. The van der Waals surface area contributed by atoms with Crippen molar-refractivity contribution in [2.24, 2.45) is 5.92 Å². The van der Waals surface area contributed by atoms with Crippen molar-refractivity contribution in [1.29, 1.82) is 0 Å². The fraction of sp³-hybridized carbons (Fsp3) is 0.364. The van der Waals surface area contributed by atoms with Crippen molar-refractivity contribution < 1.29 is 9.59 Å². The SMILES string of the molecule is O=C(c1ccccc1)N1CC[C@@H]2CCCN(C(=O)c3ccccc3)[C@@H]2C1. The van der Waals surface area contributed by atoms with E-state index in [1.807, 2.05) is 70.5 Å². The smallest absolute Gasteiger partial charge is 0.254 e. The van der Waals surface area contributed by atoms with Gasteiger partial charge in [-0.2, -0.15) is 0 Å².